The Balaban J connectivity index is 1.94. The van der Waals surface area contributed by atoms with Crippen LogP contribution in [0.15, 0.2) is 24.3 Å². The van der Waals surface area contributed by atoms with Crippen LogP contribution in [0, 0.1) is 5.92 Å². The molecular weight excluding hydrogens is 286 g/mol. The molecule has 1 saturated carbocycles. The van der Waals surface area contributed by atoms with Gasteiger partial charge in [0.25, 0.3) is 5.91 Å². The van der Waals surface area contributed by atoms with E-state index in [0.717, 1.165) is 24.8 Å². The number of rotatable bonds is 4. The summed E-state index contributed by atoms with van der Waals surface area (Å²) in [5, 5.41) is 9.45. The lowest BCUT2D eigenvalue weighted by Gasteiger charge is -2.28. The van der Waals surface area contributed by atoms with E-state index >= 15 is 0 Å². The largest absolute Gasteiger partial charge is 0.480 e. The van der Waals surface area contributed by atoms with Crippen molar-refractivity contribution in [2.45, 2.75) is 37.6 Å². The van der Waals surface area contributed by atoms with Crippen LogP contribution in [0.25, 0.3) is 0 Å². The second kappa shape index (κ2) is 5.72. The highest BCUT2D eigenvalue weighted by atomic mass is 32.2. The van der Waals surface area contributed by atoms with Gasteiger partial charge in [-0.05, 0) is 36.8 Å². The SMILES string of the molecule is CCc1ccccc1C(=O)N1C(C(=O)O)CSC1C1CC1. The average Bonchev–Trinajstić information content (AvgIpc) is 3.24. The average molecular weight is 305 g/mol. The first-order chi connectivity index (χ1) is 10.1. The number of hydrogen-bond acceptors (Lipinski definition) is 3. The van der Waals surface area contributed by atoms with Gasteiger partial charge in [-0.1, -0.05) is 25.1 Å². The maximum absolute atomic E-state index is 12.9. The van der Waals surface area contributed by atoms with Crippen molar-refractivity contribution in [3.05, 3.63) is 35.4 Å². The number of benzene rings is 1. The Bertz CT molecular complexity index is 570. The predicted molar refractivity (Wildman–Crippen MR) is 82.4 cm³/mol. The minimum Gasteiger partial charge on any atom is -0.480 e. The lowest BCUT2D eigenvalue weighted by Crippen LogP contribution is -2.46. The molecule has 2 fully saturated rings. The van der Waals surface area contributed by atoms with E-state index in [9.17, 15) is 14.7 Å². The molecule has 1 aliphatic carbocycles. The molecule has 2 atom stereocenters. The Morgan fingerprint density at radius 3 is 2.67 bits per heavy atom. The van der Waals surface area contributed by atoms with E-state index in [2.05, 4.69) is 0 Å². The molecule has 5 heteroatoms. The molecule has 3 rings (SSSR count). The lowest BCUT2D eigenvalue weighted by atomic mass is 10.0. The van der Waals surface area contributed by atoms with E-state index < -0.39 is 12.0 Å². The summed E-state index contributed by atoms with van der Waals surface area (Å²) in [6.07, 6.45) is 2.97. The molecule has 0 aromatic heterocycles. The van der Waals surface area contributed by atoms with Gasteiger partial charge in [-0.15, -0.1) is 11.8 Å². The van der Waals surface area contributed by atoms with E-state index in [1.807, 2.05) is 31.2 Å². The summed E-state index contributed by atoms with van der Waals surface area (Å²) in [6.45, 7) is 2.01. The fraction of sp³-hybridized carbons (Fsp3) is 0.500. The van der Waals surface area contributed by atoms with Gasteiger partial charge in [0.2, 0.25) is 0 Å². The van der Waals surface area contributed by atoms with Gasteiger partial charge in [-0.2, -0.15) is 0 Å². The van der Waals surface area contributed by atoms with Crippen molar-refractivity contribution in [3.8, 4) is 0 Å². The van der Waals surface area contributed by atoms with Gasteiger partial charge in [0.1, 0.15) is 6.04 Å². The molecule has 0 spiro atoms. The topological polar surface area (TPSA) is 57.6 Å². The highest BCUT2D eigenvalue weighted by Crippen LogP contribution is 2.46. The maximum atomic E-state index is 12.9. The molecule has 1 aliphatic heterocycles. The monoisotopic (exact) mass is 305 g/mol. The van der Waals surface area contributed by atoms with Crippen LogP contribution in [0.5, 0.6) is 0 Å². The smallest absolute Gasteiger partial charge is 0.327 e. The fourth-order valence-electron chi connectivity index (χ4n) is 2.90. The molecule has 1 saturated heterocycles. The van der Waals surface area contributed by atoms with Gasteiger partial charge >= 0.3 is 5.97 Å². The third kappa shape index (κ3) is 2.67. The molecule has 1 aromatic carbocycles. The van der Waals surface area contributed by atoms with Gasteiger partial charge in [-0.3, -0.25) is 4.79 Å². The number of carboxylic acid groups (broad SMARTS) is 1. The van der Waals surface area contributed by atoms with Crippen molar-refractivity contribution >= 4 is 23.6 Å². The Morgan fingerprint density at radius 1 is 1.33 bits per heavy atom. The van der Waals surface area contributed by atoms with Crippen LogP contribution in [-0.4, -0.2) is 39.1 Å². The highest BCUT2D eigenvalue weighted by molar-refractivity contribution is 8.00. The number of hydrogen-bond donors (Lipinski definition) is 1. The summed E-state index contributed by atoms with van der Waals surface area (Å²) < 4.78 is 0. The van der Waals surface area contributed by atoms with Crippen molar-refractivity contribution in [3.63, 3.8) is 0 Å². The number of aliphatic carboxylic acids is 1. The second-order valence-electron chi connectivity index (χ2n) is 5.64. The zero-order valence-electron chi connectivity index (χ0n) is 12.0. The molecule has 4 nitrogen and oxygen atoms in total. The third-order valence-corrected chi connectivity index (χ3v) is 5.67. The van der Waals surface area contributed by atoms with Gasteiger partial charge in [0.05, 0.1) is 5.37 Å². The molecule has 1 N–H and O–H groups in total. The van der Waals surface area contributed by atoms with E-state index in [1.54, 1.807) is 16.7 Å². The third-order valence-electron chi connectivity index (χ3n) is 4.21. The van der Waals surface area contributed by atoms with Crippen molar-refractivity contribution in [1.29, 1.82) is 0 Å². The molecule has 0 bridgehead atoms. The number of nitrogens with zero attached hydrogens (tertiary/aromatic N) is 1. The summed E-state index contributed by atoms with van der Waals surface area (Å²) in [5.41, 5.74) is 1.64. The minimum absolute atomic E-state index is 0.0310. The molecule has 2 unspecified atom stereocenters. The standard InChI is InChI=1S/C16H19NO3S/c1-2-10-5-3-4-6-12(10)14(18)17-13(16(19)20)9-21-15(17)11-7-8-11/h3-6,11,13,15H,2,7-9H2,1H3,(H,19,20). The number of carboxylic acids is 1. The van der Waals surface area contributed by atoms with Gasteiger partial charge in [0.15, 0.2) is 0 Å². The molecule has 21 heavy (non-hydrogen) atoms. The lowest BCUT2D eigenvalue weighted by molar-refractivity contribution is -0.141. The normalized spacial score (nSPS) is 25.1. The minimum atomic E-state index is -0.895. The molecule has 112 valence electrons. The Hall–Kier alpha value is -1.49. The summed E-state index contributed by atoms with van der Waals surface area (Å²) in [7, 11) is 0. The number of carbonyl (C=O) groups excluding carboxylic acids is 1. The Labute approximate surface area is 128 Å². The molecule has 1 heterocycles. The van der Waals surface area contributed by atoms with Crippen LogP contribution >= 0.6 is 11.8 Å². The molecule has 1 aromatic rings. The van der Waals surface area contributed by atoms with Crippen LogP contribution in [0.2, 0.25) is 0 Å². The molecule has 0 radical (unpaired) electrons. The van der Waals surface area contributed by atoms with Crippen LogP contribution in [-0.2, 0) is 11.2 Å². The number of thioether (sulfide) groups is 1. The van der Waals surface area contributed by atoms with E-state index in [4.69, 9.17) is 0 Å². The number of aryl methyl sites for hydroxylation is 1. The summed E-state index contributed by atoms with van der Waals surface area (Å²) >= 11 is 1.62. The first-order valence-electron chi connectivity index (χ1n) is 7.38. The number of amides is 1. The van der Waals surface area contributed by atoms with Crippen LogP contribution in [0.4, 0.5) is 0 Å². The van der Waals surface area contributed by atoms with E-state index in [-0.39, 0.29) is 11.3 Å². The Kier molecular flexibility index (Phi) is 3.93. The molecule has 2 aliphatic rings. The first-order valence-corrected chi connectivity index (χ1v) is 8.43. The molecule has 1 amide bonds. The van der Waals surface area contributed by atoms with E-state index in [0.29, 0.717) is 17.2 Å². The van der Waals surface area contributed by atoms with Crippen molar-refractivity contribution < 1.29 is 14.7 Å². The van der Waals surface area contributed by atoms with Crippen molar-refractivity contribution in [2.75, 3.05) is 5.75 Å². The van der Waals surface area contributed by atoms with Gasteiger partial charge < -0.3 is 10.0 Å². The molecular formula is C16H19NO3S. The quantitative estimate of drug-likeness (QED) is 0.929. The van der Waals surface area contributed by atoms with Crippen LogP contribution in [0.3, 0.4) is 0 Å². The van der Waals surface area contributed by atoms with Crippen LogP contribution in [0.1, 0.15) is 35.7 Å². The summed E-state index contributed by atoms with van der Waals surface area (Å²) in [6, 6.07) is 6.82. The second-order valence-corrected chi connectivity index (χ2v) is 6.79. The zero-order valence-corrected chi connectivity index (χ0v) is 12.8. The van der Waals surface area contributed by atoms with Crippen LogP contribution < -0.4 is 0 Å². The fourth-order valence-corrected chi connectivity index (χ4v) is 4.53. The zero-order chi connectivity index (χ0) is 15.0. The predicted octanol–water partition coefficient (Wildman–Crippen LogP) is 2.63. The maximum Gasteiger partial charge on any atom is 0.327 e. The first kappa shape index (κ1) is 14.4. The van der Waals surface area contributed by atoms with E-state index in [1.165, 1.54) is 0 Å². The Morgan fingerprint density at radius 2 is 2.05 bits per heavy atom. The van der Waals surface area contributed by atoms with Crippen molar-refractivity contribution in [1.82, 2.24) is 4.90 Å². The highest BCUT2D eigenvalue weighted by Gasteiger charge is 2.48. The summed E-state index contributed by atoms with van der Waals surface area (Å²) in [4.78, 5) is 26.0. The van der Waals surface area contributed by atoms with Gasteiger partial charge in [-0.25, -0.2) is 4.79 Å². The number of carbonyl (C=O) groups is 2. The van der Waals surface area contributed by atoms with Crippen molar-refractivity contribution in [2.24, 2.45) is 5.92 Å². The summed E-state index contributed by atoms with van der Waals surface area (Å²) in [5.74, 6) is -0.0527. The van der Waals surface area contributed by atoms with Gasteiger partial charge in [0, 0.05) is 11.3 Å².